The minimum atomic E-state index is 0. The Balaban J connectivity index is 0. The fourth-order valence-electron chi connectivity index (χ4n) is 3.08. The highest BCUT2D eigenvalue weighted by atomic mass is 15.3. The van der Waals surface area contributed by atoms with Gasteiger partial charge in [0.15, 0.2) is 0 Å². The lowest BCUT2D eigenvalue weighted by molar-refractivity contribution is -0.923. The Labute approximate surface area is 129 Å². The van der Waals surface area contributed by atoms with Crippen LogP contribution in [0.4, 0.5) is 0 Å². The van der Waals surface area contributed by atoms with Crippen LogP contribution in [0.15, 0.2) is 0 Å². The summed E-state index contributed by atoms with van der Waals surface area (Å²) in [6.45, 7) is 14.7. The summed E-state index contributed by atoms with van der Waals surface area (Å²) in [5, 5.41) is 0. The average molecular weight is 288 g/mol. The maximum absolute atomic E-state index is 2.35. The van der Waals surface area contributed by atoms with Crippen LogP contribution in [0.2, 0.25) is 0 Å². The van der Waals surface area contributed by atoms with E-state index in [1.807, 2.05) is 0 Å². The van der Waals surface area contributed by atoms with E-state index in [4.69, 9.17) is 0 Å². The molecule has 0 aliphatic carbocycles. The molecule has 0 heterocycles. The van der Waals surface area contributed by atoms with Crippen LogP contribution in [0.3, 0.4) is 0 Å². The third-order valence-electron chi connectivity index (χ3n) is 5.00. The summed E-state index contributed by atoms with van der Waals surface area (Å²) in [7, 11) is 0. The summed E-state index contributed by atoms with van der Waals surface area (Å²) in [5.74, 6) is 0. The summed E-state index contributed by atoms with van der Waals surface area (Å²) in [5.41, 5.74) is 0. The topological polar surface area (TPSA) is 35.0 Å². The molecule has 124 valence electrons. The van der Waals surface area contributed by atoms with Gasteiger partial charge in [0.05, 0.1) is 26.2 Å². The van der Waals surface area contributed by atoms with E-state index in [2.05, 4.69) is 27.7 Å². The van der Waals surface area contributed by atoms with Crippen molar-refractivity contribution in [2.45, 2.75) is 91.9 Å². The van der Waals surface area contributed by atoms with Crippen molar-refractivity contribution in [1.82, 2.24) is 6.15 Å². The van der Waals surface area contributed by atoms with E-state index >= 15 is 0 Å². The first-order valence-corrected chi connectivity index (χ1v) is 9.09. The van der Waals surface area contributed by atoms with Gasteiger partial charge >= 0.3 is 0 Å². The molecule has 0 saturated heterocycles. The van der Waals surface area contributed by atoms with Gasteiger partial charge in [-0.05, 0) is 33.6 Å². The van der Waals surface area contributed by atoms with Gasteiger partial charge in [-0.25, -0.2) is 0 Å². The molecule has 0 radical (unpaired) electrons. The molecule has 0 aliphatic heterocycles. The first-order valence-electron chi connectivity index (χ1n) is 9.09. The molecule has 0 unspecified atom stereocenters. The standard InChI is InChI=1S/C18H40N.H3N/c1-5-9-10-11-12-13-14-15-16-17-18-19(6-2,7-3)8-4;/h5-18H2,1-4H3;1H3/q+1;. The molecule has 0 rings (SSSR count). The Hall–Kier alpha value is -0.0800. The van der Waals surface area contributed by atoms with E-state index < -0.39 is 0 Å². The fourth-order valence-corrected chi connectivity index (χ4v) is 3.08. The van der Waals surface area contributed by atoms with Crippen molar-refractivity contribution in [3.05, 3.63) is 0 Å². The van der Waals surface area contributed by atoms with Crippen LogP contribution in [0.1, 0.15) is 91.9 Å². The van der Waals surface area contributed by atoms with E-state index in [0.29, 0.717) is 0 Å². The van der Waals surface area contributed by atoms with Gasteiger partial charge in [0.25, 0.3) is 0 Å². The van der Waals surface area contributed by atoms with Crippen molar-refractivity contribution in [1.29, 1.82) is 0 Å². The summed E-state index contributed by atoms with van der Waals surface area (Å²) in [6.07, 6.45) is 14.5. The van der Waals surface area contributed by atoms with Crippen LogP contribution in [-0.4, -0.2) is 30.7 Å². The van der Waals surface area contributed by atoms with Gasteiger partial charge in [-0.3, -0.25) is 0 Å². The quantitative estimate of drug-likeness (QED) is 0.311. The predicted molar refractivity (Wildman–Crippen MR) is 93.6 cm³/mol. The molecule has 3 N–H and O–H groups in total. The van der Waals surface area contributed by atoms with Gasteiger partial charge in [-0.15, -0.1) is 0 Å². The van der Waals surface area contributed by atoms with Crippen LogP contribution in [0, 0.1) is 0 Å². The third kappa shape index (κ3) is 10.7. The monoisotopic (exact) mass is 287 g/mol. The van der Waals surface area contributed by atoms with Gasteiger partial charge in [-0.2, -0.15) is 0 Å². The van der Waals surface area contributed by atoms with Gasteiger partial charge in [-0.1, -0.05) is 58.3 Å². The van der Waals surface area contributed by atoms with Gasteiger partial charge in [0.1, 0.15) is 0 Å². The van der Waals surface area contributed by atoms with Gasteiger partial charge in [0.2, 0.25) is 0 Å². The molecule has 0 aromatic rings. The Morgan fingerprint density at radius 2 is 0.850 bits per heavy atom. The lowest BCUT2D eigenvalue weighted by Gasteiger charge is -2.35. The second kappa shape index (κ2) is 15.3. The van der Waals surface area contributed by atoms with Crippen LogP contribution in [-0.2, 0) is 0 Å². The molecule has 0 amide bonds. The molecule has 20 heavy (non-hydrogen) atoms. The second-order valence-electron chi connectivity index (χ2n) is 6.20. The number of quaternary nitrogens is 1. The largest absolute Gasteiger partial charge is 0.344 e. The van der Waals surface area contributed by atoms with Crippen LogP contribution < -0.4 is 6.15 Å². The smallest absolute Gasteiger partial charge is 0.0786 e. The average Bonchev–Trinajstić information content (AvgIpc) is 2.46. The molecule has 2 heteroatoms. The summed E-state index contributed by atoms with van der Waals surface area (Å²) in [6, 6.07) is 0. The highest BCUT2D eigenvalue weighted by Crippen LogP contribution is 2.13. The van der Waals surface area contributed by atoms with E-state index in [-0.39, 0.29) is 6.15 Å². The lowest BCUT2D eigenvalue weighted by atomic mass is 10.1. The first-order chi connectivity index (χ1) is 9.24. The Morgan fingerprint density at radius 3 is 1.20 bits per heavy atom. The normalized spacial score (nSPS) is 11.4. The SMILES string of the molecule is CCCCCCCCCCCC[N+](CC)(CC)CC.N. The highest BCUT2D eigenvalue weighted by molar-refractivity contribution is 4.48. The second-order valence-corrected chi connectivity index (χ2v) is 6.20. The molecular weight excluding hydrogens is 244 g/mol. The summed E-state index contributed by atoms with van der Waals surface area (Å²) < 4.78 is 1.33. The van der Waals surface area contributed by atoms with Crippen LogP contribution in [0.25, 0.3) is 0 Å². The van der Waals surface area contributed by atoms with Crippen molar-refractivity contribution in [2.24, 2.45) is 0 Å². The Kier molecular flexibility index (Phi) is 17.0. The number of hydrogen-bond donors (Lipinski definition) is 1. The number of unbranched alkanes of at least 4 members (excludes halogenated alkanes) is 9. The maximum Gasteiger partial charge on any atom is 0.0786 e. The highest BCUT2D eigenvalue weighted by Gasteiger charge is 2.19. The molecule has 0 spiro atoms. The van der Waals surface area contributed by atoms with Crippen molar-refractivity contribution >= 4 is 0 Å². The molecule has 0 aromatic carbocycles. The summed E-state index contributed by atoms with van der Waals surface area (Å²) >= 11 is 0. The molecular formula is C18H43N2+. The molecule has 0 atom stereocenters. The van der Waals surface area contributed by atoms with E-state index in [1.165, 1.54) is 94.9 Å². The van der Waals surface area contributed by atoms with Crippen molar-refractivity contribution in [3.63, 3.8) is 0 Å². The number of nitrogens with zero attached hydrogens (tertiary/aromatic N) is 1. The minimum absolute atomic E-state index is 0. The first kappa shape index (κ1) is 22.2. The minimum Gasteiger partial charge on any atom is -0.344 e. The molecule has 0 fully saturated rings. The molecule has 0 saturated carbocycles. The zero-order chi connectivity index (χ0) is 14.4. The summed E-state index contributed by atoms with van der Waals surface area (Å²) in [4.78, 5) is 0. The zero-order valence-electron chi connectivity index (χ0n) is 15.1. The van der Waals surface area contributed by atoms with Gasteiger partial charge in [0, 0.05) is 0 Å². The van der Waals surface area contributed by atoms with E-state index in [9.17, 15) is 0 Å². The van der Waals surface area contributed by atoms with Crippen molar-refractivity contribution < 1.29 is 4.48 Å². The number of rotatable bonds is 14. The fraction of sp³-hybridized carbons (Fsp3) is 1.00. The number of hydrogen-bond acceptors (Lipinski definition) is 1. The van der Waals surface area contributed by atoms with Crippen molar-refractivity contribution in [3.8, 4) is 0 Å². The lowest BCUT2D eigenvalue weighted by Crippen LogP contribution is -2.48. The Bertz CT molecular complexity index is 168. The van der Waals surface area contributed by atoms with E-state index in [1.54, 1.807) is 0 Å². The zero-order valence-corrected chi connectivity index (χ0v) is 15.1. The van der Waals surface area contributed by atoms with E-state index in [0.717, 1.165) is 0 Å². The van der Waals surface area contributed by atoms with Crippen LogP contribution >= 0.6 is 0 Å². The molecule has 2 nitrogen and oxygen atoms in total. The molecule has 0 aliphatic rings. The van der Waals surface area contributed by atoms with Gasteiger partial charge < -0.3 is 10.6 Å². The predicted octanol–water partition coefficient (Wildman–Crippen LogP) is 5.95. The third-order valence-corrected chi connectivity index (χ3v) is 5.00. The van der Waals surface area contributed by atoms with Crippen molar-refractivity contribution in [2.75, 3.05) is 26.2 Å². The maximum atomic E-state index is 2.35. The van der Waals surface area contributed by atoms with Crippen LogP contribution in [0.5, 0.6) is 0 Å². The molecule has 0 aromatic heterocycles. The molecule has 0 bridgehead atoms. The Morgan fingerprint density at radius 1 is 0.500 bits per heavy atom.